The molecular formula is C14H12ClN5O3S. The Kier molecular flexibility index (Phi) is 5.11. The lowest BCUT2D eigenvalue weighted by Gasteiger charge is -2.01. The highest BCUT2D eigenvalue weighted by Crippen LogP contribution is 2.22. The second kappa shape index (κ2) is 7.45. The van der Waals surface area contributed by atoms with Gasteiger partial charge in [-0.2, -0.15) is 0 Å². The number of ether oxygens (including phenoxy) is 1. The maximum absolute atomic E-state index is 11.7. The minimum atomic E-state index is -0.390. The summed E-state index contributed by atoms with van der Waals surface area (Å²) in [5, 5.41) is 16.0. The maximum atomic E-state index is 11.7. The molecular weight excluding hydrogens is 354 g/mol. The van der Waals surface area contributed by atoms with E-state index in [0.29, 0.717) is 21.6 Å². The van der Waals surface area contributed by atoms with E-state index in [4.69, 9.17) is 20.9 Å². The van der Waals surface area contributed by atoms with Crippen LogP contribution in [0.25, 0.3) is 11.3 Å². The Hall–Kier alpha value is -2.39. The zero-order valence-corrected chi connectivity index (χ0v) is 14.1. The summed E-state index contributed by atoms with van der Waals surface area (Å²) >= 11 is 7.04. The predicted molar refractivity (Wildman–Crippen MR) is 86.3 cm³/mol. The largest absolute Gasteiger partial charge is 0.458 e. The SMILES string of the molecule is Cn1nnnc1SCC(=O)OCc1cc(-c2ccc(Cl)cc2)on1. The molecule has 0 unspecified atom stereocenters. The molecule has 0 aliphatic carbocycles. The number of aromatic nitrogens is 5. The fourth-order valence-corrected chi connectivity index (χ4v) is 2.57. The highest BCUT2D eigenvalue weighted by atomic mass is 35.5. The van der Waals surface area contributed by atoms with Crippen molar-refractivity contribution in [3.8, 4) is 11.3 Å². The Bertz CT molecular complexity index is 833. The Morgan fingerprint density at radius 2 is 2.17 bits per heavy atom. The normalized spacial score (nSPS) is 10.8. The molecule has 0 saturated carbocycles. The zero-order chi connectivity index (χ0) is 16.9. The lowest BCUT2D eigenvalue weighted by molar-refractivity contribution is -0.141. The molecule has 124 valence electrons. The first-order valence-electron chi connectivity index (χ1n) is 6.84. The topological polar surface area (TPSA) is 95.9 Å². The lowest BCUT2D eigenvalue weighted by atomic mass is 10.2. The molecule has 0 bridgehead atoms. The van der Waals surface area contributed by atoms with Crippen LogP contribution < -0.4 is 0 Å². The van der Waals surface area contributed by atoms with Crippen molar-refractivity contribution in [1.82, 2.24) is 25.4 Å². The van der Waals surface area contributed by atoms with E-state index in [0.717, 1.165) is 5.56 Å². The first kappa shape index (κ1) is 16.5. The van der Waals surface area contributed by atoms with Crippen molar-refractivity contribution in [2.24, 2.45) is 7.05 Å². The lowest BCUT2D eigenvalue weighted by Crippen LogP contribution is -2.08. The second-order valence-corrected chi connectivity index (χ2v) is 6.10. The highest BCUT2D eigenvalue weighted by molar-refractivity contribution is 7.99. The molecule has 0 radical (unpaired) electrons. The second-order valence-electron chi connectivity index (χ2n) is 4.72. The number of benzene rings is 1. The number of hydrogen-bond donors (Lipinski definition) is 0. The zero-order valence-electron chi connectivity index (χ0n) is 12.5. The number of rotatable bonds is 6. The summed E-state index contributed by atoms with van der Waals surface area (Å²) in [6, 6.07) is 8.89. The van der Waals surface area contributed by atoms with Crippen LogP contribution in [0.1, 0.15) is 5.69 Å². The van der Waals surface area contributed by atoms with Gasteiger partial charge in [0.25, 0.3) is 0 Å². The molecule has 1 aromatic carbocycles. The molecule has 0 fully saturated rings. The summed E-state index contributed by atoms with van der Waals surface area (Å²) in [5.74, 6) is 0.298. The van der Waals surface area contributed by atoms with E-state index in [-0.39, 0.29) is 18.3 Å². The Morgan fingerprint density at radius 3 is 2.88 bits per heavy atom. The molecule has 0 aliphatic rings. The molecule has 3 rings (SSSR count). The van der Waals surface area contributed by atoms with Crippen LogP contribution in [-0.4, -0.2) is 37.1 Å². The van der Waals surface area contributed by atoms with Gasteiger partial charge in [-0.15, -0.1) is 5.10 Å². The number of halogens is 1. The quantitative estimate of drug-likeness (QED) is 0.485. The first-order chi connectivity index (χ1) is 11.6. The van der Waals surface area contributed by atoms with E-state index >= 15 is 0 Å². The average Bonchev–Trinajstić information content (AvgIpc) is 3.21. The van der Waals surface area contributed by atoms with Crippen LogP contribution in [-0.2, 0) is 23.2 Å². The van der Waals surface area contributed by atoms with Crippen molar-refractivity contribution in [1.29, 1.82) is 0 Å². The molecule has 24 heavy (non-hydrogen) atoms. The summed E-state index contributed by atoms with van der Waals surface area (Å²) in [7, 11) is 1.70. The van der Waals surface area contributed by atoms with Gasteiger partial charge in [-0.05, 0) is 34.7 Å². The Labute approximate surface area is 146 Å². The summed E-state index contributed by atoms with van der Waals surface area (Å²) in [6.45, 7) is 0.0353. The molecule has 3 aromatic rings. The number of hydrogen-bond acceptors (Lipinski definition) is 8. The fourth-order valence-electron chi connectivity index (χ4n) is 1.79. The van der Waals surface area contributed by atoms with Gasteiger partial charge in [0.2, 0.25) is 5.16 Å². The van der Waals surface area contributed by atoms with Crippen molar-refractivity contribution >= 4 is 29.3 Å². The van der Waals surface area contributed by atoms with Crippen LogP contribution in [0.5, 0.6) is 0 Å². The number of tetrazole rings is 1. The molecule has 0 spiro atoms. The molecule has 8 nitrogen and oxygen atoms in total. The molecule has 0 atom stereocenters. The highest BCUT2D eigenvalue weighted by Gasteiger charge is 2.11. The third-order valence-corrected chi connectivity index (χ3v) is 4.21. The van der Waals surface area contributed by atoms with Crippen molar-refractivity contribution in [3.05, 3.63) is 41.0 Å². The van der Waals surface area contributed by atoms with E-state index < -0.39 is 0 Å². The van der Waals surface area contributed by atoms with Crippen LogP contribution >= 0.6 is 23.4 Å². The monoisotopic (exact) mass is 365 g/mol. The van der Waals surface area contributed by atoms with Crippen LogP contribution in [0, 0.1) is 0 Å². The summed E-state index contributed by atoms with van der Waals surface area (Å²) in [5.41, 5.74) is 1.37. The fraction of sp³-hybridized carbons (Fsp3) is 0.214. The van der Waals surface area contributed by atoms with E-state index in [1.807, 2.05) is 12.1 Å². The van der Waals surface area contributed by atoms with Gasteiger partial charge < -0.3 is 9.26 Å². The van der Waals surface area contributed by atoms with E-state index in [1.54, 1.807) is 25.2 Å². The third kappa shape index (κ3) is 4.12. The molecule has 0 amide bonds. The van der Waals surface area contributed by atoms with E-state index in [1.165, 1.54) is 16.4 Å². The summed E-state index contributed by atoms with van der Waals surface area (Å²) < 4.78 is 11.9. The van der Waals surface area contributed by atoms with E-state index in [2.05, 4.69) is 20.7 Å². The first-order valence-corrected chi connectivity index (χ1v) is 8.20. The molecule has 0 saturated heterocycles. The maximum Gasteiger partial charge on any atom is 0.316 e. The molecule has 10 heteroatoms. The minimum absolute atomic E-state index is 0.0353. The van der Waals surface area contributed by atoms with Crippen molar-refractivity contribution in [2.75, 3.05) is 5.75 Å². The summed E-state index contributed by atoms with van der Waals surface area (Å²) in [6.07, 6.45) is 0. The van der Waals surface area contributed by atoms with Crippen molar-refractivity contribution in [2.45, 2.75) is 11.8 Å². The molecule has 2 heterocycles. The van der Waals surface area contributed by atoms with Gasteiger partial charge >= 0.3 is 5.97 Å². The predicted octanol–water partition coefficient (Wildman–Crippen LogP) is 2.35. The molecule has 0 N–H and O–H groups in total. The van der Waals surface area contributed by atoms with Gasteiger partial charge in [-0.25, -0.2) is 4.68 Å². The van der Waals surface area contributed by atoms with Gasteiger partial charge in [0, 0.05) is 23.7 Å². The van der Waals surface area contributed by atoms with Gasteiger partial charge in [0.15, 0.2) is 5.76 Å². The van der Waals surface area contributed by atoms with E-state index in [9.17, 15) is 4.79 Å². The Balaban J connectivity index is 1.51. The number of carbonyl (C=O) groups is 1. The number of thioether (sulfide) groups is 1. The van der Waals surface area contributed by atoms with Crippen LogP contribution in [0.4, 0.5) is 0 Å². The number of carbonyl (C=O) groups excluding carboxylic acids is 1. The Morgan fingerprint density at radius 1 is 1.38 bits per heavy atom. The minimum Gasteiger partial charge on any atom is -0.458 e. The van der Waals surface area contributed by atoms with Gasteiger partial charge in [-0.3, -0.25) is 4.79 Å². The van der Waals surface area contributed by atoms with Crippen LogP contribution in [0.15, 0.2) is 40.0 Å². The molecule has 0 aliphatic heterocycles. The van der Waals surface area contributed by atoms with Crippen LogP contribution in [0.2, 0.25) is 5.02 Å². The standard InChI is InChI=1S/C14H12ClN5O3S/c1-20-14(16-18-19-20)24-8-13(21)22-7-11-6-12(23-17-11)9-2-4-10(15)5-3-9/h2-6H,7-8H2,1H3. The number of aryl methyl sites for hydroxylation is 1. The average molecular weight is 366 g/mol. The number of esters is 1. The van der Waals surface area contributed by atoms with Crippen molar-refractivity contribution < 1.29 is 14.1 Å². The third-order valence-electron chi connectivity index (χ3n) is 2.97. The van der Waals surface area contributed by atoms with Crippen molar-refractivity contribution in [3.63, 3.8) is 0 Å². The summed E-state index contributed by atoms with van der Waals surface area (Å²) in [4.78, 5) is 11.7. The van der Waals surface area contributed by atoms with Gasteiger partial charge in [0.05, 0.1) is 5.75 Å². The van der Waals surface area contributed by atoms with Crippen LogP contribution in [0.3, 0.4) is 0 Å². The smallest absolute Gasteiger partial charge is 0.316 e. The number of nitrogens with zero attached hydrogens (tertiary/aromatic N) is 5. The molecule has 2 aromatic heterocycles. The van der Waals surface area contributed by atoms with Gasteiger partial charge in [0.1, 0.15) is 12.3 Å². The van der Waals surface area contributed by atoms with Gasteiger partial charge in [-0.1, -0.05) is 28.5 Å².